The van der Waals surface area contributed by atoms with Gasteiger partial charge in [-0.3, -0.25) is 0 Å². The van der Waals surface area contributed by atoms with Crippen molar-refractivity contribution in [3.8, 4) is 10.6 Å². The van der Waals surface area contributed by atoms with Crippen LogP contribution in [0.25, 0.3) is 20.8 Å². The average Bonchev–Trinajstić information content (AvgIpc) is 2.80. The second kappa shape index (κ2) is 4.38. The van der Waals surface area contributed by atoms with Crippen molar-refractivity contribution in [1.29, 1.82) is 0 Å². The third-order valence-electron chi connectivity index (χ3n) is 3.18. The summed E-state index contributed by atoms with van der Waals surface area (Å²) in [5.74, 6) is 0. The molecule has 0 radical (unpaired) electrons. The zero-order chi connectivity index (χ0) is 12.7. The predicted molar refractivity (Wildman–Crippen MR) is 79.5 cm³/mol. The molecule has 1 aromatic heterocycles. The summed E-state index contributed by atoms with van der Waals surface area (Å²) in [5, 5.41) is 1.81. The van der Waals surface area contributed by atoms with E-state index >= 15 is 0 Å². The summed E-state index contributed by atoms with van der Waals surface area (Å²) >= 11 is 7.63. The average molecular weight is 274 g/mol. The van der Waals surface area contributed by atoms with E-state index in [2.05, 4.69) is 26.0 Å². The van der Waals surface area contributed by atoms with Crippen molar-refractivity contribution in [2.24, 2.45) is 0 Å². The molecule has 0 bridgehead atoms. The van der Waals surface area contributed by atoms with Crippen molar-refractivity contribution in [3.05, 3.63) is 52.5 Å². The van der Waals surface area contributed by atoms with E-state index in [4.69, 9.17) is 16.6 Å². The number of rotatable bonds is 1. The van der Waals surface area contributed by atoms with Crippen LogP contribution in [0.4, 0.5) is 0 Å². The van der Waals surface area contributed by atoms with Gasteiger partial charge >= 0.3 is 0 Å². The van der Waals surface area contributed by atoms with E-state index in [1.807, 2.05) is 24.3 Å². The van der Waals surface area contributed by atoms with Gasteiger partial charge in [0.1, 0.15) is 5.01 Å². The van der Waals surface area contributed by atoms with Gasteiger partial charge < -0.3 is 0 Å². The summed E-state index contributed by atoms with van der Waals surface area (Å²) in [4.78, 5) is 4.75. The molecule has 0 spiro atoms. The lowest BCUT2D eigenvalue weighted by Gasteiger charge is -1.98. The molecule has 1 heterocycles. The molecule has 2 aromatic carbocycles. The zero-order valence-electron chi connectivity index (χ0n) is 10.2. The molecule has 3 heteroatoms. The van der Waals surface area contributed by atoms with Gasteiger partial charge in [0.2, 0.25) is 0 Å². The van der Waals surface area contributed by atoms with Gasteiger partial charge in [-0.25, -0.2) is 4.98 Å². The highest BCUT2D eigenvalue weighted by Gasteiger charge is 2.09. The lowest BCUT2D eigenvalue weighted by Crippen LogP contribution is -1.82. The molecule has 0 saturated heterocycles. The van der Waals surface area contributed by atoms with Crippen LogP contribution in [0, 0.1) is 13.8 Å². The fourth-order valence-electron chi connectivity index (χ4n) is 1.94. The smallest absolute Gasteiger partial charge is 0.124 e. The summed E-state index contributed by atoms with van der Waals surface area (Å²) in [6, 6.07) is 12.1. The molecule has 0 fully saturated rings. The minimum Gasteiger partial charge on any atom is -0.236 e. The molecule has 0 aliphatic heterocycles. The van der Waals surface area contributed by atoms with E-state index in [1.54, 1.807) is 11.3 Å². The second-order valence-corrected chi connectivity index (χ2v) is 5.85. The first-order valence-corrected chi connectivity index (χ1v) is 6.97. The van der Waals surface area contributed by atoms with Crippen LogP contribution < -0.4 is 0 Å². The Morgan fingerprint density at radius 3 is 2.44 bits per heavy atom. The molecule has 0 atom stereocenters. The SMILES string of the molecule is Cc1ccc2sc(-c3ccc(Cl)cc3)nc2c1C. The molecule has 90 valence electrons. The van der Waals surface area contributed by atoms with E-state index in [-0.39, 0.29) is 0 Å². The second-order valence-electron chi connectivity index (χ2n) is 4.38. The van der Waals surface area contributed by atoms with Gasteiger partial charge in [-0.2, -0.15) is 0 Å². The zero-order valence-corrected chi connectivity index (χ0v) is 11.8. The van der Waals surface area contributed by atoms with Crippen LogP contribution in [0.2, 0.25) is 5.02 Å². The summed E-state index contributed by atoms with van der Waals surface area (Å²) in [6.45, 7) is 4.25. The first-order valence-electron chi connectivity index (χ1n) is 5.78. The van der Waals surface area contributed by atoms with Gasteiger partial charge in [0, 0.05) is 10.6 Å². The Hall–Kier alpha value is -1.38. The minimum atomic E-state index is 0.756. The van der Waals surface area contributed by atoms with E-state index < -0.39 is 0 Å². The molecule has 18 heavy (non-hydrogen) atoms. The Kier molecular flexibility index (Phi) is 2.84. The van der Waals surface area contributed by atoms with Crippen LogP contribution >= 0.6 is 22.9 Å². The Morgan fingerprint density at radius 1 is 1.00 bits per heavy atom. The van der Waals surface area contributed by atoms with Crippen LogP contribution in [0.5, 0.6) is 0 Å². The molecule has 3 rings (SSSR count). The van der Waals surface area contributed by atoms with Gasteiger partial charge in [0.15, 0.2) is 0 Å². The monoisotopic (exact) mass is 273 g/mol. The van der Waals surface area contributed by atoms with Gasteiger partial charge in [0.05, 0.1) is 10.2 Å². The van der Waals surface area contributed by atoms with Gasteiger partial charge in [-0.15, -0.1) is 11.3 Å². The van der Waals surface area contributed by atoms with Crippen LogP contribution in [0.15, 0.2) is 36.4 Å². The predicted octanol–water partition coefficient (Wildman–Crippen LogP) is 5.23. The van der Waals surface area contributed by atoms with Crippen molar-refractivity contribution in [3.63, 3.8) is 0 Å². The maximum absolute atomic E-state index is 5.91. The highest BCUT2D eigenvalue weighted by atomic mass is 35.5. The van der Waals surface area contributed by atoms with Crippen LogP contribution in [-0.4, -0.2) is 4.98 Å². The number of aryl methyl sites for hydroxylation is 2. The summed E-state index contributed by atoms with van der Waals surface area (Å²) in [7, 11) is 0. The lowest BCUT2D eigenvalue weighted by molar-refractivity contribution is 1.34. The molecule has 0 N–H and O–H groups in total. The normalized spacial score (nSPS) is 11.1. The number of halogens is 1. The topological polar surface area (TPSA) is 12.9 Å². The van der Waals surface area contributed by atoms with E-state index in [1.165, 1.54) is 15.8 Å². The number of benzene rings is 2. The maximum Gasteiger partial charge on any atom is 0.124 e. The van der Waals surface area contributed by atoms with Crippen LogP contribution in [0.3, 0.4) is 0 Å². The van der Waals surface area contributed by atoms with E-state index in [9.17, 15) is 0 Å². The number of hydrogen-bond donors (Lipinski definition) is 0. The summed E-state index contributed by atoms with van der Waals surface area (Å²) < 4.78 is 1.24. The fourth-order valence-corrected chi connectivity index (χ4v) is 3.10. The molecular formula is C15H12ClNS. The van der Waals surface area contributed by atoms with Gasteiger partial charge in [0.25, 0.3) is 0 Å². The van der Waals surface area contributed by atoms with Crippen molar-refractivity contribution in [1.82, 2.24) is 4.98 Å². The highest BCUT2D eigenvalue weighted by molar-refractivity contribution is 7.21. The quantitative estimate of drug-likeness (QED) is 0.591. The number of nitrogens with zero attached hydrogens (tertiary/aromatic N) is 1. The van der Waals surface area contributed by atoms with Crippen molar-refractivity contribution < 1.29 is 0 Å². The molecule has 0 unspecified atom stereocenters. The summed E-state index contributed by atoms with van der Waals surface area (Å²) in [6.07, 6.45) is 0. The number of thiazole rings is 1. The van der Waals surface area contributed by atoms with Crippen molar-refractivity contribution in [2.75, 3.05) is 0 Å². The Bertz CT molecular complexity index is 713. The molecule has 0 aliphatic carbocycles. The molecule has 0 amide bonds. The number of hydrogen-bond acceptors (Lipinski definition) is 2. The van der Waals surface area contributed by atoms with Crippen LogP contribution in [0.1, 0.15) is 11.1 Å². The van der Waals surface area contributed by atoms with Crippen molar-refractivity contribution in [2.45, 2.75) is 13.8 Å². The highest BCUT2D eigenvalue weighted by Crippen LogP contribution is 2.33. The molecule has 3 aromatic rings. The number of aromatic nitrogens is 1. The Balaban J connectivity index is 2.19. The van der Waals surface area contributed by atoms with Crippen molar-refractivity contribution >= 4 is 33.2 Å². The molecule has 0 aliphatic rings. The van der Waals surface area contributed by atoms with E-state index in [0.29, 0.717) is 0 Å². The Labute approximate surface area is 115 Å². The third-order valence-corrected chi connectivity index (χ3v) is 4.50. The molecule has 0 saturated carbocycles. The standard InChI is InChI=1S/C15H12ClNS/c1-9-3-8-13-14(10(9)2)17-15(18-13)11-4-6-12(16)7-5-11/h3-8H,1-2H3. The Morgan fingerprint density at radius 2 is 1.72 bits per heavy atom. The van der Waals surface area contributed by atoms with Gasteiger partial charge in [-0.1, -0.05) is 29.8 Å². The van der Waals surface area contributed by atoms with E-state index in [0.717, 1.165) is 21.1 Å². The molecule has 1 nitrogen and oxygen atoms in total. The van der Waals surface area contributed by atoms with Crippen LogP contribution in [-0.2, 0) is 0 Å². The minimum absolute atomic E-state index is 0.756. The first kappa shape index (κ1) is 11.7. The van der Waals surface area contributed by atoms with Gasteiger partial charge in [-0.05, 0) is 43.2 Å². The fraction of sp³-hybridized carbons (Fsp3) is 0.133. The lowest BCUT2D eigenvalue weighted by atomic mass is 10.1. The third kappa shape index (κ3) is 1.92. The maximum atomic E-state index is 5.91. The largest absolute Gasteiger partial charge is 0.236 e. The number of fused-ring (bicyclic) bond motifs is 1. The summed E-state index contributed by atoms with van der Waals surface area (Å²) in [5.41, 5.74) is 4.79. The first-order chi connectivity index (χ1) is 8.65. The molecular weight excluding hydrogens is 262 g/mol.